The fraction of sp³-hybridized carbons (Fsp3) is 0.900. The number of hydrogen-bond donors (Lipinski definition) is 0. The smallest absolute Gasteiger partial charge is 0.306 e. The van der Waals surface area contributed by atoms with Gasteiger partial charge in [-0.3, -0.25) is 9.59 Å². The van der Waals surface area contributed by atoms with Gasteiger partial charge in [0.15, 0.2) is 0 Å². The van der Waals surface area contributed by atoms with Crippen molar-refractivity contribution in [1.82, 2.24) is 0 Å². The van der Waals surface area contributed by atoms with E-state index in [0.29, 0.717) is 26.1 Å². The van der Waals surface area contributed by atoms with E-state index in [-0.39, 0.29) is 36.6 Å². The first-order valence-corrected chi connectivity index (χ1v) is 10.6. The molecule has 2 saturated carbocycles. The molecule has 0 aromatic carbocycles. The first kappa shape index (κ1) is 21.5. The number of hydrogen-bond acceptors (Lipinski definition) is 8. The van der Waals surface area contributed by atoms with Crippen LogP contribution in [0.4, 0.5) is 0 Å². The van der Waals surface area contributed by atoms with Crippen LogP contribution >= 0.6 is 0 Å². The van der Waals surface area contributed by atoms with Crippen LogP contribution in [0.1, 0.15) is 78.1 Å². The maximum atomic E-state index is 12.0. The fourth-order valence-corrected chi connectivity index (χ4v) is 4.48. The minimum atomic E-state index is -1.11. The highest BCUT2D eigenvalue weighted by molar-refractivity contribution is 5.70. The Hall–Kier alpha value is -1.22. The zero-order valence-electron chi connectivity index (χ0n) is 16.9. The van der Waals surface area contributed by atoms with E-state index in [9.17, 15) is 9.59 Å². The van der Waals surface area contributed by atoms with Crippen LogP contribution in [-0.4, -0.2) is 36.7 Å². The van der Waals surface area contributed by atoms with Crippen molar-refractivity contribution in [1.29, 1.82) is 0 Å². The Balaban J connectivity index is 1.67. The molecule has 0 aromatic rings. The lowest BCUT2D eigenvalue weighted by Crippen LogP contribution is -2.59. The molecule has 28 heavy (non-hydrogen) atoms. The Morgan fingerprint density at radius 1 is 0.750 bits per heavy atom. The Labute approximate surface area is 166 Å². The average molecular weight is 400 g/mol. The summed E-state index contributed by atoms with van der Waals surface area (Å²) in [7, 11) is 0. The fourth-order valence-electron chi connectivity index (χ4n) is 4.48. The van der Waals surface area contributed by atoms with Gasteiger partial charge in [-0.1, -0.05) is 12.8 Å². The van der Waals surface area contributed by atoms with Crippen LogP contribution in [0.5, 0.6) is 0 Å². The standard InChI is InChI=1S/C20H32O8/c1-3-23-17(21)13-15-9-5-7-11-19(15)25-27-20(28-26-19)12-8-6-10-16(20)14-18(22)24-4-2/h15-16H,3-14H2,1-2H3/t15-,16+,19?,20?. The second-order valence-corrected chi connectivity index (χ2v) is 7.86. The molecular formula is C20H32O8. The van der Waals surface area contributed by atoms with Gasteiger partial charge in [0.2, 0.25) is 11.6 Å². The lowest BCUT2D eigenvalue weighted by molar-refractivity contribution is -0.675. The lowest BCUT2D eigenvalue weighted by Gasteiger charge is -2.50. The van der Waals surface area contributed by atoms with Gasteiger partial charge >= 0.3 is 11.9 Å². The van der Waals surface area contributed by atoms with Gasteiger partial charge in [0.25, 0.3) is 0 Å². The topological polar surface area (TPSA) is 89.5 Å². The van der Waals surface area contributed by atoms with Crippen LogP contribution < -0.4 is 0 Å². The molecule has 8 heteroatoms. The summed E-state index contributed by atoms with van der Waals surface area (Å²) >= 11 is 0. The highest BCUT2D eigenvalue weighted by Gasteiger charge is 2.57. The van der Waals surface area contributed by atoms with Crippen molar-refractivity contribution < 1.29 is 38.6 Å². The summed E-state index contributed by atoms with van der Waals surface area (Å²) in [5.74, 6) is -3.18. The molecule has 1 heterocycles. The summed E-state index contributed by atoms with van der Waals surface area (Å²) in [4.78, 5) is 47.4. The van der Waals surface area contributed by atoms with Gasteiger partial charge < -0.3 is 9.47 Å². The van der Waals surface area contributed by atoms with E-state index in [1.807, 2.05) is 0 Å². The van der Waals surface area contributed by atoms with Gasteiger partial charge in [-0.2, -0.15) is 19.6 Å². The molecule has 1 aliphatic heterocycles. The summed E-state index contributed by atoms with van der Waals surface area (Å²) < 4.78 is 10.2. The van der Waals surface area contributed by atoms with E-state index in [1.165, 1.54) is 0 Å². The summed E-state index contributed by atoms with van der Waals surface area (Å²) in [5.41, 5.74) is 0. The summed E-state index contributed by atoms with van der Waals surface area (Å²) in [5, 5.41) is 0. The van der Waals surface area contributed by atoms with Crippen molar-refractivity contribution in [3.63, 3.8) is 0 Å². The molecule has 0 aromatic heterocycles. The third-order valence-electron chi connectivity index (χ3n) is 5.98. The number of esters is 2. The molecule has 0 unspecified atom stereocenters. The van der Waals surface area contributed by atoms with Gasteiger partial charge in [0.05, 0.1) is 26.1 Å². The van der Waals surface area contributed by atoms with Crippen molar-refractivity contribution >= 4 is 11.9 Å². The van der Waals surface area contributed by atoms with Crippen molar-refractivity contribution in [3.05, 3.63) is 0 Å². The molecular weight excluding hydrogens is 368 g/mol. The van der Waals surface area contributed by atoms with E-state index in [4.69, 9.17) is 29.0 Å². The summed E-state index contributed by atoms with van der Waals surface area (Å²) in [6.45, 7) is 4.24. The van der Waals surface area contributed by atoms with Crippen LogP contribution in [0, 0.1) is 11.8 Å². The quantitative estimate of drug-likeness (QED) is 0.494. The first-order chi connectivity index (χ1) is 13.5. The Kier molecular flexibility index (Phi) is 7.31. The first-order valence-electron chi connectivity index (χ1n) is 10.6. The molecule has 2 spiro atoms. The van der Waals surface area contributed by atoms with Crippen LogP contribution in [0.25, 0.3) is 0 Å². The van der Waals surface area contributed by atoms with Crippen molar-refractivity contribution in [3.8, 4) is 0 Å². The zero-order valence-corrected chi connectivity index (χ0v) is 16.9. The van der Waals surface area contributed by atoms with Gasteiger partial charge in [0, 0.05) is 24.7 Å². The second-order valence-electron chi connectivity index (χ2n) is 7.86. The van der Waals surface area contributed by atoms with Gasteiger partial charge in [-0.15, -0.1) is 0 Å². The van der Waals surface area contributed by atoms with Gasteiger partial charge in [0.1, 0.15) is 0 Å². The third kappa shape index (κ3) is 4.67. The van der Waals surface area contributed by atoms with E-state index in [1.54, 1.807) is 13.8 Å². The highest BCUT2D eigenvalue weighted by Crippen LogP contribution is 2.49. The molecule has 0 radical (unpaired) electrons. The van der Waals surface area contributed by atoms with Crippen LogP contribution in [0.2, 0.25) is 0 Å². The number of carbonyl (C=O) groups is 2. The van der Waals surface area contributed by atoms with E-state index >= 15 is 0 Å². The molecule has 0 bridgehead atoms. The molecule has 8 nitrogen and oxygen atoms in total. The van der Waals surface area contributed by atoms with Crippen LogP contribution in [0.3, 0.4) is 0 Å². The second kappa shape index (κ2) is 9.52. The Bertz CT molecular complexity index is 492. The average Bonchev–Trinajstić information content (AvgIpc) is 2.68. The minimum Gasteiger partial charge on any atom is -0.466 e. The Morgan fingerprint density at radius 2 is 1.14 bits per heavy atom. The molecule has 3 fully saturated rings. The summed E-state index contributed by atoms with van der Waals surface area (Å²) in [6, 6.07) is 0. The van der Waals surface area contributed by atoms with Gasteiger partial charge in [-0.25, -0.2) is 0 Å². The van der Waals surface area contributed by atoms with Gasteiger partial charge in [-0.05, 0) is 39.5 Å². The molecule has 1 saturated heterocycles. The minimum absolute atomic E-state index is 0.194. The highest BCUT2D eigenvalue weighted by atomic mass is 17.4. The van der Waals surface area contributed by atoms with E-state index in [2.05, 4.69) is 0 Å². The molecule has 160 valence electrons. The maximum Gasteiger partial charge on any atom is 0.306 e. The molecule has 2 aliphatic carbocycles. The van der Waals surface area contributed by atoms with Crippen molar-refractivity contribution in [2.45, 2.75) is 89.6 Å². The molecule has 3 aliphatic rings. The molecule has 0 amide bonds. The van der Waals surface area contributed by atoms with Crippen LogP contribution in [-0.2, 0) is 38.6 Å². The SMILES string of the molecule is CCOC(=O)C[C@H]1CCCCC12OOC1(CCCC[C@H]1CC(=O)OCC)OO2. The van der Waals surface area contributed by atoms with Crippen LogP contribution in [0.15, 0.2) is 0 Å². The van der Waals surface area contributed by atoms with Crippen molar-refractivity contribution in [2.75, 3.05) is 13.2 Å². The summed E-state index contributed by atoms with van der Waals surface area (Å²) in [6.07, 6.45) is 6.83. The van der Waals surface area contributed by atoms with E-state index < -0.39 is 11.6 Å². The predicted molar refractivity (Wildman–Crippen MR) is 96.2 cm³/mol. The molecule has 3 rings (SSSR count). The predicted octanol–water partition coefficient (Wildman–Crippen LogP) is 3.58. The number of ether oxygens (including phenoxy) is 2. The number of carbonyl (C=O) groups excluding carboxylic acids is 2. The lowest BCUT2D eigenvalue weighted by atomic mass is 9.80. The molecule has 2 atom stereocenters. The molecule has 0 N–H and O–H groups in total. The largest absolute Gasteiger partial charge is 0.466 e. The number of rotatable bonds is 6. The monoisotopic (exact) mass is 400 g/mol. The zero-order chi connectivity index (χ0) is 20.0. The maximum absolute atomic E-state index is 12.0. The normalized spacial score (nSPS) is 35.6. The Morgan fingerprint density at radius 3 is 1.50 bits per heavy atom. The third-order valence-corrected chi connectivity index (χ3v) is 5.98. The van der Waals surface area contributed by atoms with Crippen molar-refractivity contribution in [2.24, 2.45) is 11.8 Å². The van der Waals surface area contributed by atoms with E-state index in [0.717, 1.165) is 38.5 Å².